The van der Waals surface area contributed by atoms with Gasteiger partial charge in [-0.25, -0.2) is 0 Å². The summed E-state index contributed by atoms with van der Waals surface area (Å²) in [6.45, 7) is 6.44. The number of rotatable bonds is 8. The lowest BCUT2D eigenvalue weighted by Gasteiger charge is -2.30. The van der Waals surface area contributed by atoms with Gasteiger partial charge in [-0.15, -0.1) is 0 Å². The molecule has 4 N–H and O–H groups in total. The molecular formula is C19H32N4O5. The van der Waals surface area contributed by atoms with Gasteiger partial charge in [0.15, 0.2) is 0 Å². The first-order valence-corrected chi connectivity index (χ1v) is 10.1. The summed E-state index contributed by atoms with van der Waals surface area (Å²) >= 11 is 0. The highest BCUT2D eigenvalue weighted by Crippen LogP contribution is 2.21. The molecule has 5 atom stereocenters. The highest BCUT2D eigenvalue weighted by molar-refractivity contribution is 5.94. The molecule has 0 aromatic rings. The van der Waals surface area contributed by atoms with Crippen molar-refractivity contribution in [1.82, 2.24) is 20.9 Å². The lowest BCUT2D eigenvalue weighted by atomic mass is 9.97. The number of carboxylic acids is 1. The second-order valence-electron chi connectivity index (χ2n) is 7.78. The third kappa shape index (κ3) is 5.21. The zero-order chi connectivity index (χ0) is 20.8. The maximum atomic E-state index is 12.9. The van der Waals surface area contributed by atoms with Gasteiger partial charge in [0.1, 0.15) is 18.1 Å². The Morgan fingerprint density at radius 2 is 1.86 bits per heavy atom. The minimum Gasteiger partial charge on any atom is -0.480 e. The number of hydrogen-bond donors (Lipinski definition) is 4. The Labute approximate surface area is 165 Å². The molecule has 2 fully saturated rings. The molecule has 28 heavy (non-hydrogen) atoms. The quantitative estimate of drug-likeness (QED) is 0.452. The number of aliphatic carboxylic acids is 1. The SMILES string of the molecule is CCC(C)C(NC(=O)C1CCCN1C(=O)C1CCCN1)C(=O)NC(C)C(=O)O. The zero-order valence-electron chi connectivity index (χ0n) is 16.9. The molecule has 0 radical (unpaired) electrons. The van der Waals surface area contributed by atoms with Gasteiger partial charge in [0.2, 0.25) is 17.7 Å². The minimum absolute atomic E-state index is 0.0563. The van der Waals surface area contributed by atoms with E-state index in [9.17, 15) is 19.2 Å². The Bertz CT molecular complexity index is 605. The van der Waals surface area contributed by atoms with Gasteiger partial charge in [0.05, 0.1) is 6.04 Å². The molecule has 2 aliphatic rings. The van der Waals surface area contributed by atoms with Crippen molar-refractivity contribution in [2.24, 2.45) is 5.92 Å². The maximum Gasteiger partial charge on any atom is 0.325 e. The molecule has 158 valence electrons. The predicted molar refractivity (Wildman–Crippen MR) is 102 cm³/mol. The van der Waals surface area contributed by atoms with Crippen LogP contribution in [-0.4, -0.2) is 71.0 Å². The van der Waals surface area contributed by atoms with E-state index in [1.54, 1.807) is 4.90 Å². The number of carbonyl (C=O) groups is 4. The Morgan fingerprint density at radius 1 is 1.14 bits per heavy atom. The first-order chi connectivity index (χ1) is 13.3. The lowest BCUT2D eigenvalue weighted by molar-refractivity contribution is -0.143. The van der Waals surface area contributed by atoms with Crippen molar-refractivity contribution < 1.29 is 24.3 Å². The van der Waals surface area contributed by atoms with Crippen LogP contribution in [0.25, 0.3) is 0 Å². The van der Waals surface area contributed by atoms with Crippen LogP contribution in [0, 0.1) is 5.92 Å². The maximum absolute atomic E-state index is 12.9. The van der Waals surface area contributed by atoms with Crippen LogP contribution in [0.2, 0.25) is 0 Å². The summed E-state index contributed by atoms with van der Waals surface area (Å²) < 4.78 is 0. The molecule has 0 aromatic carbocycles. The number of nitrogens with one attached hydrogen (secondary N) is 3. The fourth-order valence-electron chi connectivity index (χ4n) is 3.71. The summed E-state index contributed by atoms with van der Waals surface area (Å²) in [5.74, 6) is -2.25. The normalized spacial score (nSPS) is 25.0. The van der Waals surface area contributed by atoms with E-state index in [4.69, 9.17) is 5.11 Å². The molecule has 9 heteroatoms. The molecule has 2 saturated heterocycles. The highest BCUT2D eigenvalue weighted by Gasteiger charge is 2.39. The van der Waals surface area contributed by atoms with Crippen LogP contribution in [0.1, 0.15) is 52.9 Å². The summed E-state index contributed by atoms with van der Waals surface area (Å²) in [5, 5.41) is 17.4. The van der Waals surface area contributed by atoms with E-state index in [-0.39, 0.29) is 23.8 Å². The Kier molecular flexibility index (Phi) is 7.79. The molecule has 3 amide bonds. The van der Waals surface area contributed by atoms with E-state index in [1.807, 2.05) is 13.8 Å². The Balaban J connectivity index is 2.05. The number of hydrogen-bond acceptors (Lipinski definition) is 5. The van der Waals surface area contributed by atoms with E-state index >= 15 is 0 Å². The third-order valence-corrected chi connectivity index (χ3v) is 5.72. The molecule has 2 rings (SSSR count). The first-order valence-electron chi connectivity index (χ1n) is 10.1. The van der Waals surface area contributed by atoms with Crippen LogP contribution < -0.4 is 16.0 Å². The van der Waals surface area contributed by atoms with Crippen molar-refractivity contribution in [2.45, 2.75) is 77.0 Å². The van der Waals surface area contributed by atoms with Crippen LogP contribution in [0.5, 0.6) is 0 Å². The van der Waals surface area contributed by atoms with E-state index in [0.717, 1.165) is 25.8 Å². The van der Waals surface area contributed by atoms with Crippen LogP contribution in [0.15, 0.2) is 0 Å². The van der Waals surface area contributed by atoms with Gasteiger partial charge in [0, 0.05) is 6.54 Å². The minimum atomic E-state index is -1.14. The average Bonchev–Trinajstić information content (AvgIpc) is 3.36. The van der Waals surface area contributed by atoms with Gasteiger partial charge in [-0.2, -0.15) is 0 Å². The summed E-state index contributed by atoms with van der Waals surface area (Å²) in [6.07, 6.45) is 3.66. The van der Waals surface area contributed by atoms with Gasteiger partial charge in [-0.1, -0.05) is 20.3 Å². The summed E-state index contributed by atoms with van der Waals surface area (Å²) in [6, 6.07) is -2.72. The molecule has 5 unspecified atom stereocenters. The third-order valence-electron chi connectivity index (χ3n) is 5.72. The lowest BCUT2D eigenvalue weighted by Crippen LogP contribution is -2.57. The Morgan fingerprint density at radius 3 is 2.43 bits per heavy atom. The molecular weight excluding hydrogens is 364 g/mol. The van der Waals surface area contributed by atoms with E-state index in [0.29, 0.717) is 19.4 Å². The van der Waals surface area contributed by atoms with Crippen LogP contribution in [0.4, 0.5) is 0 Å². The van der Waals surface area contributed by atoms with Crippen molar-refractivity contribution in [3.8, 4) is 0 Å². The molecule has 0 saturated carbocycles. The topological polar surface area (TPSA) is 128 Å². The molecule has 0 bridgehead atoms. The number of carboxylic acid groups (broad SMARTS) is 1. The van der Waals surface area contributed by atoms with Crippen LogP contribution in [0.3, 0.4) is 0 Å². The van der Waals surface area contributed by atoms with Gasteiger partial charge >= 0.3 is 5.97 Å². The van der Waals surface area contributed by atoms with E-state index in [1.165, 1.54) is 6.92 Å². The summed E-state index contributed by atoms with van der Waals surface area (Å²) in [5.41, 5.74) is 0. The van der Waals surface area contributed by atoms with Gasteiger partial charge in [-0.3, -0.25) is 19.2 Å². The second-order valence-corrected chi connectivity index (χ2v) is 7.78. The van der Waals surface area contributed by atoms with Crippen molar-refractivity contribution >= 4 is 23.7 Å². The van der Waals surface area contributed by atoms with Crippen LogP contribution >= 0.6 is 0 Å². The largest absolute Gasteiger partial charge is 0.480 e. The first kappa shape index (κ1) is 22.1. The number of carbonyl (C=O) groups excluding carboxylic acids is 3. The molecule has 9 nitrogen and oxygen atoms in total. The summed E-state index contributed by atoms with van der Waals surface area (Å²) in [4.78, 5) is 50.8. The van der Waals surface area contributed by atoms with Crippen molar-refractivity contribution in [2.75, 3.05) is 13.1 Å². The fraction of sp³-hybridized carbons (Fsp3) is 0.789. The van der Waals surface area contributed by atoms with Gasteiger partial charge in [0.25, 0.3) is 0 Å². The van der Waals surface area contributed by atoms with Gasteiger partial charge < -0.3 is 26.0 Å². The smallest absolute Gasteiger partial charge is 0.325 e. The van der Waals surface area contributed by atoms with Crippen LogP contribution in [-0.2, 0) is 19.2 Å². The highest BCUT2D eigenvalue weighted by atomic mass is 16.4. The molecule has 0 aromatic heterocycles. The molecule has 0 spiro atoms. The van der Waals surface area contributed by atoms with E-state index in [2.05, 4.69) is 16.0 Å². The number of likely N-dealkylation sites (tertiary alicyclic amines) is 1. The van der Waals surface area contributed by atoms with Crippen molar-refractivity contribution in [3.63, 3.8) is 0 Å². The van der Waals surface area contributed by atoms with Gasteiger partial charge in [-0.05, 0) is 45.1 Å². The molecule has 2 heterocycles. The average molecular weight is 396 g/mol. The summed E-state index contributed by atoms with van der Waals surface area (Å²) in [7, 11) is 0. The number of amides is 3. The predicted octanol–water partition coefficient (Wildman–Crippen LogP) is -0.150. The molecule has 0 aliphatic carbocycles. The second kappa shape index (κ2) is 9.86. The molecule has 2 aliphatic heterocycles. The van der Waals surface area contributed by atoms with E-state index < -0.39 is 30.0 Å². The number of nitrogens with zero attached hydrogens (tertiary/aromatic N) is 1. The zero-order valence-corrected chi connectivity index (χ0v) is 16.9. The standard InChI is InChI=1S/C19H32N4O5/c1-4-11(2)15(17(25)21-12(3)19(27)28)22-16(24)14-8-6-10-23(14)18(26)13-7-5-9-20-13/h11-15,20H,4-10H2,1-3H3,(H,21,25)(H,22,24)(H,27,28). The van der Waals surface area contributed by atoms with Crippen molar-refractivity contribution in [3.05, 3.63) is 0 Å². The monoisotopic (exact) mass is 396 g/mol. The Hall–Kier alpha value is -2.16. The van der Waals surface area contributed by atoms with Crippen molar-refractivity contribution in [1.29, 1.82) is 0 Å². The fourth-order valence-corrected chi connectivity index (χ4v) is 3.71.